The van der Waals surface area contributed by atoms with Crippen LogP contribution in [0.4, 0.5) is 13.2 Å². The zero-order valence-electron chi connectivity index (χ0n) is 20.9. The van der Waals surface area contributed by atoms with Crippen LogP contribution in [0.15, 0.2) is 54.6 Å². The molecule has 5 nitrogen and oxygen atoms in total. The van der Waals surface area contributed by atoms with E-state index in [1.807, 2.05) is 6.07 Å². The second kappa shape index (κ2) is 12.3. The summed E-state index contributed by atoms with van der Waals surface area (Å²) in [4.78, 5) is 13.1. The van der Waals surface area contributed by atoms with Crippen molar-refractivity contribution >= 4 is 16.7 Å². The number of rotatable bonds is 8. The summed E-state index contributed by atoms with van der Waals surface area (Å²) < 4.78 is 50.3. The lowest BCUT2D eigenvalue weighted by Crippen LogP contribution is -2.35. The maximum absolute atomic E-state index is 13.1. The Labute approximate surface area is 215 Å². The fraction of sp³-hybridized carbons (Fsp3) is 0.414. The van der Waals surface area contributed by atoms with Crippen LogP contribution in [0.1, 0.15) is 36.8 Å². The summed E-state index contributed by atoms with van der Waals surface area (Å²) >= 11 is 0. The van der Waals surface area contributed by atoms with Crippen molar-refractivity contribution in [3.05, 3.63) is 71.5 Å². The molecule has 0 saturated carbocycles. The zero-order valence-corrected chi connectivity index (χ0v) is 20.9. The Kier molecular flexibility index (Phi) is 8.92. The third-order valence-electron chi connectivity index (χ3n) is 6.70. The number of nitrogens with zero attached hydrogens (tertiary/aromatic N) is 1. The highest BCUT2D eigenvalue weighted by Gasteiger charge is 2.35. The van der Waals surface area contributed by atoms with E-state index in [-0.39, 0.29) is 12.2 Å². The van der Waals surface area contributed by atoms with Crippen molar-refractivity contribution in [2.45, 2.75) is 44.4 Å². The van der Waals surface area contributed by atoms with Crippen molar-refractivity contribution < 1.29 is 27.4 Å². The molecule has 1 amide bonds. The summed E-state index contributed by atoms with van der Waals surface area (Å²) in [7, 11) is 0. The van der Waals surface area contributed by atoms with Gasteiger partial charge in [0.05, 0.1) is 0 Å². The van der Waals surface area contributed by atoms with Gasteiger partial charge in [-0.2, -0.15) is 8.78 Å². The minimum Gasteiger partial charge on any atom is -0.486 e. The van der Waals surface area contributed by atoms with Gasteiger partial charge in [-0.1, -0.05) is 30.3 Å². The lowest BCUT2D eigenvalue weighted by atomic mass is 10.0. The Hall–Kier alpha value is -3.26. The van der Waals surface area contributed by atoms with E-state index in [9.17, 15) is 18.0 Å². The van der Waals surface area contributed by atoms with Crippen LogP contribution in [0.2, 0.25) is 0 Å². The molecule has 0 aromatic heterocycles. The number of ether oxygens (including phenoxy) is 2. The molecule has 2 aliphatic rings. The van der Waals surface area contributed by atoms with Crippen molar-refractivity contribution in [3.8, 4) is 11.5 Å². The Morgan fingerprint density at radius 3 is 2.27 bits per heavy atom. The first-order valence-electron chi connectivity index (χ1n) is 12.8. The fourth-order valence-corrected chi connectivity index (χ4v) is 4.60. The van der Waals surface area contributed by atoms with Crippen molar-refractivity contribution in [2.75, 3.05) is 32.8 Å². The first kappa shape index (κ1) is 26.8. The molecule has 3 aromatic rings. The van der Waals surface area contributed by atoms with Gasteiger partial charge in [0, 0.05) is 6.42 Å². The van der Waals surface area contributed by atoms with Gasteiger partial charge in [-0.15, -0.1) is 0 Å². The molecule has 3 aromatic carbocycles. The third-order valence-corrected chi connectivity index (χ3v) is 6.70. The van der Waals surface area contributed by atoms with Crippen molar-refractivity contribution in [1.82, 2.24) is 4.90 Å². The van der Waals surface area contributed by atoms with Crippen LogP contribution in [0.25, 0.3) is 10.8 Å². The molecule has 5 rings (SSSR count). The molecule has 8 heteroatoms. The molecule has 2 aliphatic heterocycles. The van der Waals surface area contributed by atoms with Crippen LogP contribution >= 0.6 is 0 Å². The molecular formula is C29H33F3N2O3. The molecule has 0 spiro atoms. The summed E-state index contributed by atoms with van der Waals surface area (Å²) in [5.41, 5.74) is 6.62. The lowest BCUT2D eigenvalue weighted by Gasteiger charge is -2.19. The average molecular weight is 515 g/mol. The number of aryl methyl sites for hydroxylation is 2. The van der Waals surface area contributed by atoms with E-state index in [1.165, 1.54) is 56.6 Å². The number of alkyl halides is 2. The van der Waals surface area contributed by atoms with E-state index < -0.39 is 18.3 Å². The van der Waals surface area contributed by atoms with Gasteiger partial charge in [-0.05, 0) is 97.9 Å². The number of amides is 1. The predicted octanol–water partition coefficient (Wildman–Crippen LogP) is 5.52. The van der Waals surface area contributed by atoms with Gasteiger partial charge in [0.15, 0.2) is 11.5 Å². The largest absolute Gasteiger partial charge is 0.486 e. The molecule has 2 N–H and O–H groups in total. The number of hydrogen-bond donors (Lipinski definition) is 1. The topological polar surface area (TPSA) is 64.8 Å². The van der Waals surface area contributed by atoms with E-state index in [1.54, 1.807) is 24.3 Å². The predicted molar refractivity (Wildman–Crippen MR) is 138 cm³/mol. The summed E-state index contributed by atoms with van der Waals surface area (Å²) in [6, 6.07) is 15.6. The van der Waals surface area contributed by atoms with Gasteiger partial charge in [0.25, 0.3) is 5.91 Å². The van der Waals surface area contributed by atoms with Gasteiger partial charge in [0.1, 0.15) is 19.0 Å². The normalized spacial score (nSPS) is 15.3. The van der Waals surface area contributed by atoms with E-state index in [0.717, 1.165) is 23.3 Å². The number of hydrogen-bond acceptors (Lipinski definition) is 4. The van der Waals surface area contributed by atoms with Gasteiger partial charge in [-0.3, -0.25) is 4.79 Å². The zero-order chi connectivity index (χ0) is 26.3. The molecule has 2 heterocycles. The molecule has 1 saturated heterocycles. The second-order valence-corrected chi connectivity index (χ2v) is 9.52. The number of fused-ring (bicyclic) bond motifs is 2. The lowest BCUT2D eigenvalue weighted by molar-refractivity contribution is -0.142. The van der Waals surface area contributed by atoms with Crippen LogP contribution in [-0.4, -0.2) is 49.6 Å². The van der Waals surface area contributed by atoms with Crippen LogP contribution in [0, 0.1) is 5.82 Å². The van der Waals surface area contributed by atoms with E-state index in [2.05, 4.69) is 22.8 Å². The van der Waals surface area contributed by atoms with Gasteiger partial charge in [0.2, 0.25) is 0 Å². The first-order valence-corrected chi connectivity index (χ1v) is 12.8. The number of halogens is 3. The third kappa shape index (κ3) is 7.61. The van der Waals surface area contributed by atoms with E-state index >= 15 is 0 Å². The number of benzene rings is 3. The van der Waals surface area contributed by atoms with Crippen molar-refractivity contribution in [1.29, 1.82) is 0 Å². The smallest absolute Gasteiger partial charge is 0.324 e. The Morgan fingerprint density at radius 2 is 1.51 bits per heavy atom. The highest BCUT2D eigenvalue weighted by molar-refractivity contribution is 5.83. The quantitative estimate of drug-likeness (QED) is 0.430. The minimum absolute atomic E-state index is 0.0310. The summed E-state index contributed by atoms with van der Waals surface area (Å²) in [5.74, 6) is -3.65. The molecular weight excluding hydrogens is 481 g/mol. The molecule has 1 fully saturated rings. The van der Waals surface area contributed by atoms with Crippen LogP contribution in [0.5, 0.6) is 11.5 Å². The summed E-state index contributed by atoms with van der Waals surface area (Å²) in [6.45, 7) is 5.16. The molecule has 0 bridgehead atoms. The molecule has 198 valence electrons. The first-order chi connectivity index (χ1) is 17.8. The maximum atomic E-state index is 13.1. The van der Waals surface area contributed by atoms with Gasteiger partial charge in [-0.25, -0.2) is 4.39 Å². The standard InChI is InChI=1S/C15H21NO2.C14H12F3NO/c1-2-8-16(7-1)9-3-4-13-5-6-14-15(12-13)18-11-10-17-14;15-12-4-3-10-7-9(1-2-11(10)8-12)5-6-14(16,17)13(18)19/h5-6,12H,1-4,7-11H2;1-4,7-8H,5-6H2,(H2,18,19). The van der Waals surface area contributed by atoms with Crippen molar-refractivity contribution in [3.63, 3.8) is 0 Å². The number of nitrogens with two attached hydrogens (primary N) is 1. The molecule has 0 atom stereocenters. The van der Waals surface area contributed by atoms with Crippen LogP contribution in [0.3, 0.4) is 0 Å². The SMILES string of the molecule is NC(=O)C(F)(F)CCc1ccc2cc(F)ccc2c1.c1cc2c(cc1CCCN1CCCC1)OCCO2. The molecule has 0 unspecified atom stereocenters. The average Bonchev–Trinajstić information content (AvgIpc) is 3.41. The minimum atomic E-state index is -3.50. The summed E-state index contributed by atoms with van der Waals surface area (Å²) in [5, 5.41) is 1.46. The molecule has 37 heavy (non-hydrogen) atoms. The van der Waals surface area contributed by atoms with Gasteiger partial charge < -0.3 is 20.1 Å². The van der Waals surface area contributed by atoms with Crippen molar-refractivity contribution in [2.24, 2.45) is 5.73 Å². The number of carbonyl (C=O) groups excluding carboxylic acids is 1. The van der Waals surface area contributed by atoms with Gasteiger partial charge >= 0.3 is 5.92 Å². The van der Waals surface area contributed by atoms with E-state index in [0.29, 0.717) is 24.2 Å². The number of likely N-dealkylation sites (tertiary alicyclic amines) is 1. The Balaban J connectivity index is 0.000000173. The number of carbonyl (C=O) groups is 1. The molecule has 0 aliphatic carbocycles. The maximum Gasteiger partial charge on any atom is 0.324 e. The van der Waals surface area contributed by atoms with Crippen LogP contribution < -0.4 is 15.2 Å². The Morgan fingerprint density at radius 1 is 0.865 bits per heavy atom. The number of primary amides is 1. The second-order valence-electron chi connectivity index (χ2n) is 9.52. The molecule has 0 radical (unpaired) electrons. The highest BCUT2D eigenvalue weighted by atomic mass is 19.3. The Bertz CT molecular complexity index is 1210. The van der Waals surface area contributed by atoms with Crippen LogP contribution in [-0.2, 0) is 17.6 Å². The highest BCUT2D eigenvalue weighted by Crippen LogP contribution is 2.31. The summed E-state index contributed by atoms with van der Waals surface area (Å²) in [6.07, 6.45) is 4.53. The fourth-order valence-electron chi connectivity index (χ4n) is 4.60. The monoisotopic (exact) mass is 514 g/mol. The van der Waals surface area contributed by atoms with E-state index in [4.69, 9.17) is 9.47 Å².